The second kappa shape index (κ2) is 26.1. The van der Waals surface area contributed by atoms with Gasteiger partial charge in [-0.1, -0.05) is 60.7 Å². The van der Waals surface area contributed by atoms with Crippen molar-refractivity contribution in [2.75, 3.05) is 27.2 Å². The number of nitrogens with two attached hydrogens (primary N) is 1. The summed E-state index contributed by atoms with van der Waals surface area (Å²) in [5.41, 5.74) is 2.48. The Labute approximate surface area is 480 Å². The summed E-state index contributed by atoms with van der Waals surface area (Å²) in [4.78, 5) is 159. The van der Waals surface area contributed by atoms with Crippen LogP contribution in [0.5, 0.6) is 0 Å². The van der Waals surface area contributed by atoms with E-state index in [1.165, 1.54) is 45.8 Å². The second-order valence-corrected chi connectivity index (χ2v) is 24.0. The maximum atomic E-state index is 15.0. The highest BCUT2D eigenvalue weighted by atomic mass is 32.1. The maximum absolute atomic E-state index is 15.0. The van der Waals surface area contributed by atoms with Crippen molar-refractivity contribution in [3.63, 3.8) is 0 Å². The van der Waals surface area contributed by atoms with Crippen molar-refractivity contribution in [2.24, 2.45) is 5.73 Å². The fourth-order valence-electron chi connectivity index (χ4n) is 10.8. The number of rotatable bonds is 20. The minimum Gasteiger partial charge on any atom is -0.370 e. The van der Waals surface area contributed by atoms with E-state index in [4.69, 9.17) is 5.73 Å². The van der Waals surface area contributed by atoms with Crippen molar-refractivity contribution in [3.05, 3.63) is 105 Å². The van der Waals surface area contributed by atoms with Gasteiger partial charge in [0, 0.05) is 93.3 Å². The molecular weight excluding hydrogens is 1120 g/mol. The molecule has 5 heterocycles. The third-order valence-electron chi connectivity index (χ3n) is 15.3. The topological polar surface area (TPSA) is 315 Å². The molecule has 3 aromatic carbocycles. The van der Waals surface area contributed by atoms with Crippen LogP contribution in [-0.4, -0.2) is 152 Å². The molecule has 0 saturated carbocycles. The van der Waals surface area contributed by atoms with E-state index in [1.807, 2.05) is 0 Å². The molecule has 3 unspecified atom stereocenters. The van der Waals surface area contributed by atoms with Crippen LogP contribution in [0.3, 0.4) is 0 Å². The summed E-state index contributed by atoms with van der Waals surface area (Å²) in [6.07, 6.45) is 2.62. The van der Waals surface area contributed by atoms with Gasteiger partial charge in [-0.15, -0.1) is 11.3 Å². The van der Waals surface area contributed by atoms with Crippen LogP contribution in [0.15, 0.2) is 72.8 Å². The Hall–Kier alpha value is -7.91. The Bertz CT molecular complexity index is 3340. The second-order valence-electron chi connectivity index (χ2n) is 21.2. The van der Waals surface area contributed by atoms with Crippen LogP contribution >= 0.6 is 18.9 Å². The van der Waals surface area contributed by atoms with E-state index in [1.54, 1.807) is 48.5 Å². The van der Waals surface area contributed by atoms with Crippen molar-refractivity contribution in [1.29, 1.82) is 0 Å². The number of carbonyl (C=O) groups is 10. The van der Waals surface area contributed by atoms with Crippen LogP contribution in [0.4, 0.5) is 8.78 Å². The largest absolute Gasteiger partial charge is 0.399 e. The monoisotopic (exact) mass is 1180 g/mol. The Morgan fingerprint density at radius 2 is 1.66 bits per heavy atom. The van der Waals surface area contributed by atoms with Crippen LogP contribution in [0, 0.1) is 11.8 Å². The average molecular weight is 1180 g/mol. The first-order chi connectivity index (χ1) is 39.4. The number of amides is 10. The Morgan fingerprint density at radius 3 is 2.37 bits per heavy atom. The van der Waals surface area contributed by atoms with Crippen LogP contribution in [0.1, 0.15) is 119 Å². The SMILES string of the molecule is CN(C)C(=O)C(Cc1ccccc1)NC(=O)C(CCC(N)=O)NC(=O)[C@@H]1CC[C@@H]2CCN(C(=O)CCCCCC#Cc3cccc4c3CN(C3CCC(=O)NC3=O)C4=O)C[C@H](NC(=O)c3cc4cc(C(F)(F)P(=O)(O)O)ccc4s3)C(=O)N21. The number of thiophene rings is 1. The molecule has 4 aromatic rings. The number of unbranched alkanes of at least 4 members (excludes halogenated alkanes) is 3. The number of alkyl halides is 2. The fourth-order valence-corrected chi connectivity index (χ4v) is 12.3. The van der Waals surface area contributed by atoms with E-state index < -0.39 is 96.4 Å². The van der Waals surface area contributed by atoms with Crippen molar-refractivity contribution >= 4 is 88.1 Å². The molecule has 3 fully saturated rings. The standard InChI is InChI=1S/C57H64F2N9O13PS/c1-65(2)55(77)41(28-33-12-7-6-8-13-33)62-50(72)40(20-24-47(60)69)61-52(74)44-21-19-37-26-27-66(32-42(56(78)68(37)44)63-53(75)46-30-35-29-36(18-23-45(35)83-46)57(58,59)82(79,80)81)49(71)17-10-5-3-4-9-14-34-15-11-16-38-39(34)31-67(54(38)76)43-22-25-48(70)64-51(43)73/h6-8,11-13,15-16,18,23,29-30,37,40-44H,3-5,10,17,19-22,24-28,31-32H2,1-2H3,(H2,60,69)(H,61,74)(H,62,72)(H,63,75)(H,64,70,73)(H2,79,80,81)/t37-,40?,41?,42+,43?,44+/m1/s1. The van der Waals surface area contributed by atoms with Crippen molar-refractivity contribution in [3.8, 4) is 11.8 Å². The predicted molar refractivity (Wildman–Crippen MR) is 297 cm³/mol. The van der Waals surface area contributed by atoms with Gasteiger partial charge < -0.3 is 51.1 Å². The third-order valence-corrected chi connectivity index (χ3v) is 17.4. The number of primary amides is 1. The number of imide groups is 1. The number of hydrogen-bond donors (Lipinski definition) is 7. The number of carbonyl (C=O) groups excluding carboxylic acids is 10. The van der Waals surface area contributed by atoms with Crippen molar-refractivity contribution in [1.82, 2.24) is 40.9 Å². The molecule has 83 heavy (non-hydrogen) atoms. The molecule has 22 nitrogen and oxygen atoms in total. The zero-order valence-electron chi connectivity index (χ0n) is 45.6. The summed E-state index contributed by atoms with van der Waals surface area (Å²) < 4.78 is 41.4. The number of fused-ring (bicyclic) bond motifs is 3. The molecule has 4 aliphatic rings. The summed E-state index contributed by atoms with van der Waals surface area (Å²) in [5, 5.41) is 10.5. The van der Waals surface area contributed by atoms with Gasteiger partial charge in [0.25, 0.3) is 11.8 Å². The summed E-state index contributed by atoms with van der Waals surface area (Å²) in [5.74, 6) is 0.419. The van der Waals surface area contributed by atoms with Crippen molar-refractivity contribution in [2.45, 2.75) is 132 Å². The van der Waals surface area contributed by atoms with Crippen LogP contribution in [0.25, 0.3) is 10.1 Å². The van der Waals surface area contributed by atoms with Gasteiger partial charge in [-0.25, -0.2) is 0 Å². The number of nitrogens with one attached hydrogen (secondary N) is 4. The lowest BCUT2D eigenvalue weighted by atomic mass is 10.0. The third kappa shape index (κ3) is 14.3. The lowest BCUT2D eigenvalue weighted by Crippen LogP contribution is -2.62. The van der Waals surface area contributed by atoms with Crippen LogP contribution < -0.4 is 27.0 Å². The van der Waals surface area contributed by atoms with Gasteiger partial charge in [-0.2, -0.15) is 8.78 Å². The number of piperidine rings is 1. The number of likely N-dealkylation sites (N-methyl/N-ethyl adjacent to an activating group) is 1. The molecule has 0 bridgehead atoms. The van der Waals surface area contributed by atoms with Gasteiger partial charge in [0.1, 0.15) is 30.2 Å². The number of benzene rings is 3. The summed E-state index contributed by atoms with van der Waals surface area (Å²) in [6, 6.07) is 11.6. The molecular formula is C57H64F2N9O13PS. The molecule has 6 atom stereocenters. The Kier molecular flexibility index (Phi) is 19.3. The van der Waals surface area contributed by atoms with E-state index >= 15 is 0 Å². The molecule has 3 saturated heterocycles. The smallest absolute Gasteiger partial charge is 0.370 e. The van der Waals surface area contributed by atoms with E-state index in [0.717, 1.165) is 29.0 Å². The highest BCUT2D eigenvalue weighted by molar-refractivity contribution is 7.52. The average Bonchev–Trinajstić information content (AvgIpc) is 4.37. The van der Waals surface area contributed by atoms with Gasteiger partial charge in [0.15, 0.2) is 0 Å². The van der Waals surface area contributed by atoms with Gasteiger partial charge >= 0.3 is 13.3 Å². The van der Waals surface area contributed by atoms with E-state index in [0.29, 0.717) is 47.1 Å². The molecule has 0 spiro atoms. The summed E-state index contributed by atoms with van der Waals surface area (Å²) in [6.45, 7) is -0.0586. The van der Waals surface area contributed by atoms with Crippen LogP contribution in [-0.2, 0) is 61.6 Å². The predicted octanol–water partition coefficient (Wildman–Crippen LogP) is 3.15. The number of nitrogens with zero attached hydrogens (tertiary/aromatic N) is 4. The van der Waals surface area contributed by atoms with Gasteiger partial charge in [0.05, 0.1) is 4.88 Å². The minimum absolute atomic E-state index is 0.0553. The lowest BCUT2D eigenvalue weighted by molar-refractivity contribution is -0.146. The fraction of sp³-hybridized carbons (Fsp3) is 0.439. The number of halogens is 2. The first-order valence-corrected chi connectivity index (χ1v) is 29.6. The Morgan fingerprint density at radius 1 is 0.904 bits per heavy atom. The normalized spacial score (nSPS) is 19.8. The van der Waals surface area contributed by atoms with E-state index in [2.05, 4.69) is 33.1 Å². The molecule has 1 aromatic heterocycles. The van der Waals surface area contributed by atoms with E-state index in [9.17, 15) is 71.1 Å². The molecule has 8 N–H and O–H groups in total. The first-order valence-electron chi connectivity index (χ1n) is 27.2. The zero-order chi connectivity index (χ0) is 59.9. The summed E-state index contributed by atoms with van der Waals surface area (Å²) in [7, 11) is -2.89. The van der Waals surface area contributed by atoms with Crippen LogP contribution in [0.2, 0.25) is 0 Å². The quantitative estimate of drug-likeness (QED) is 0.0290. The van der Waals surface area contributed by atoms with Crippen molar-refractivity contribution < 1.29 is 71.1 Å². The van der Waals surface area contributed by atoms with E-state index in [-0.39, 0.29) is 105 Å². The highest BCUT2D eigenvalue weighted by Crippen LogP contribution is 2.59. The number of hydrogen-bond acceptors (Lipinski definition) is 12. The first kappa shape index (κ1) is 61.2. The Balaban J connectivity index is 0.958. The van der Waals surface area contributed by atoms with Gasteiger partial charge in [-0.05, 0) is 91.8 Å². The van der Waals surface area contributed by atoms with Gasteiger partial charge in [-0.3, -0.25) is 57.8 Å². The maximum Gasteiger partial charge on any atom is 0.399 e. The van der Waals surface area contributed by atoms with Gasteiger partial charge in [0.2, 0.25) is 47.3 Å². The zero-order valence-corrected chi connectivity index (χ0v) is 47.3. The molecule has 0 aliphatic carbocycles. The summed E-state index contributed by atoms with van der Waals surface area (Å²) >= 11 is 0.853. The molecule has 0 radical (unpaired) electrons. The molecule has 440 valence electrons. The highest BCUT2D eigenvalue weighted by Gasteiger charge is 2.51. The molecule has 26 heteroatoms. The minimum atomic E-state index is -5.93. The lowest BCUT2D eigenvalue weighted by Gasteiger charge is -2.39. The molecule has 8 rings (SSSR count). The molecule has 10 amide bonds. The molecule has 4 aliphatic heterocycles.